The van der Waals surface area contributed by atoms with Gasteiger partial charge in [-0.1, -0.05) is 12.1 Å². The first kappa shape index (κ1) is 11.7. The van der Waals surface area contributed by atoms with E-state index in [1.807, 2.05) is 34.5 Å². The molecule has 0 fully saturated rings. The maximum Gasteiger partial charge on any atom is 0.194 e. The minimum atomic E-state index is 0.210. The molecule has 0 aliphatic carbocycles. The highest BCUT2D eigenvalue weighted by Crippen LogP contribution is 2.39. The standard InChI is InChI=1S/C14H11N3OS/c18-13-6-2-1-5-12(13)17(14-16-8-9-19-14)11-4-3-7-15-10-11/h1-10,18H. The first-order valence-electron chi connectivity index (χ1n) is 5.74. The number of phenols is 1. The predicted molar refractivity (Wildman–Crippen MR) is 76.3 cm³/mol. The van der Waals surface area contributed by atoms with Crippen LogP contribution in [0.3, 0.4) is 0 Å². The third-order valence-electron chi connectivity index (χ3n) is 2.64. The number of aromatic hydroxyl groups is 1. The third-order valence-corrected chi connectivity index (χ3v) is 3.39. The molecule has 94 valence electrons. The lowest BCUT2D eigenvalue weighted by atomic mass is 10.2. The zero-order valence-electron chi connectivity index (χ0n) is 9.97. The molecule has 2 heterocycles. The van der Waals surface area contributed by atoms with Crippen LogP contribution in [0.1, 0.15) is 0 Å². The van der Waals surface area contributed by atoms with Crippen LogP contribution in [-0.4, -0.2) is 15.1 Å². The van der Waals surface area contributed by atoms with Gasteiger partial charge in [-0.15, -0.1) is 11.3 Å². The van der Waals surface area contributed by atoms with Crippen LogP contribution in [-0.2, 0) is 0 Å². The average molecular weight is 269 g/mol. The molecule has 3 aromatic rings. The largest absolute Gasteiger partial charge is 0.506 e. The summed E-state index contributed by atoms with van der Waals surface area (Å²) < 4.78 is 0. The van der Waals surface area contributed by atoms with Crippen molar-refractivity contribution in [2.45, 2.75) is 0 Å². The summed E-state index contributed by atoms with van der Waals surface area (Å²) in [4.78, 5) is 10.3. The van der Waals surface area contributed by atoms with Crippen LogP contribution in [0.5, 0.6) is 5.75 Å². The van der Waals surface area contributed by atoms with Crippen molar-refractivity contribution in [2.24, 2.45) is 0 Å². The number of rotatable bonds is 3. The van der Waals surface area contributed by atoms with Crippen LogP contribution < -0.4 is 4.90 Å². The van der Waals surface area contributed by atoms with E-state index in [9.17, 15) is 5.11 Å². The Morgan fingerprint density at radius 2 is 1.95 bits per heavy atom. The second-order valence-electron chi connectivity index (χ2n) is 3.85. The van der Waals surface area contributed by atoms with Crippen molar-refractivity contribution in [3.63, 3.8) is 0 Å². The zero-order chi connectivity index (χ0) is 13.1. The smallest absolute Gasteiger partial charge is 0.194 e. The maximum atomic E-state index is 10.1. The fourth-order valence-electron chi connectivity index (χ4n) is 1.82. The Kier molecular flexibility index (Phi) is 3.12. The van der Waals surface area contributed by atoms with Gasteiger partial charge in [0.25, 0.3) is 0 Å². The molecule has 0 aliphatic heterocycles. The number of hydrogen-bond acceptors (Lipinski definition) is 5. The highest BCUT2D eigenvalue weighted by molar-refractivity contribution is 7.13. The number of anilines is 3. The second-order valence-corrected chi connectivity index (χ2v) is 4.72. The van der Waals surface area contributed by atoms with Crippen molar-refractivity contribution in [1.82, 2.24) is 9.97 Å². The summed E-state index contributed by atoms with van der Waals surface area (Å²) in [5.74, 6) is 0.210. The molecule has 3 rings (SSSR count). The number of phenolic OH excluding ortho intramolecular Hbond substituents is 1. The van der Waals surface area contributed by atoms with E-state index in [1.165, 1.54) is 11.3 Å². The van der Waals surface area contributed by atoms with E-state index in [0.29, 0.717) is 5.69 Å². The summed E-state index contributed by atoms with van der Waals surface area (Å²) in [7, 11) is 0. The molecule has 0 aliphatic rings. The third kappa shape index (κ3) is 2.28. The second kappa shape index (κ2) is 5.07. The highest BCUT2D eigenvalue weighted by Gasteiger charge is 2.17. The molecule has 0 unspecified atom stereocenters. The first-order valence-corrected chi connectivity index (χ1v) is 6.62. The van der Waals surface area contributed by atoms with E-state index in [-0.39, 0.29) is 5.75 Å². The number of hydrogen-bond donors (Lipinski definition) is 1. The van der Waals surface area contributed by atoms with E-state index in [0.717, 1.165) is 10.8 Å². The van der Waals surface area contributed by atoms with Gasteiger partial charge in [-0.2, -0.15) is 0 Å². The summed E-state index contributed by atoms with van der Waals surface area (Å²) in [6.07, 6.45) is 5.20. The maximum absolute atomic E-state index is 10.1. The van der Waals surface area contributed by atoms with E-state index >= 15 is 0 Å². The van der Waals surface area contributed by atoms with E-state index in [2.05, 4.69) is 9.97 Å². The zero-order valence-corrected chi connectivity index (χ0v) is 10.8. The normalized spacial score (nSPS) is 10.3. The summed E-state index contributed by atoms with van der Waals surface area (Å²) in [6.45, 7) is 0. The summed E-state index contributed by atoms with van der Waals surface area (Å²) >= 11 is 1.51. The minimum Gasteiger partial charge on any atom is -0.506 e. The summed E-state index contributed by atoms with van der Waals surface area (Å²) in [6, 6.07) is 11.0. The van der Waals surface area contributed by atoms with Gasteiger partial charge in [0.05, 0.1) is 17.6 Å². The summed E-state index contributed by atoms with van der Waals surface area (Å²) in [5, 5.41) is 12.7. The fourth-order valence-corrected chi connectivity index (χ4v) is 2.49. The predicted octanol–water partition coefficient (Wildman–Crippen LogP) is 3.71. The van der Waals surface area contributed by atoms with Crippen LogP contribution in [0.25, 0.3) is 0 Å². The topological polar surface area (TPSA) is 49.2 Å². The number of pyridine rings is 1. The number of para-hydroxylation sites is 2. The molecule has 0 radical (unpaired) electrons. The van der Waals surface area contributed by atoms with Gasteiger partial charge in [-0.3, -0.25) is 9.88 Å². The average Bonchev–Trinajstić information content (AvgIpc) is 2.96. The van der Waals surface area contributed by atoms with Gasteiger partial charge in [0.1, 0.15) is 5.75 Å². The number of aromatic nitrogens is 2. The van der Waals surface area contributed by atoms with Gasteiger partial charge >= 0.3 is 0 Å². The Balaban J connectivity index is 2.16. The molecule has 0 spiro atoms. The van der Waals surface area contributed by atoms with Crippen LogP contribution in [0.15, 0.2) is 60.4 Å². The van der Waals surface area contributed by atoms with Gasteiger partial charge in [0.2, 0.25) is 0 Å². The van der Waals surface area contributed by atoms with E-state index in [1.54, 1.807) is 30.7 Å². The molecule has 1 aromatic carbocycles. The van der Waals surface area contributed by atoms with E-state index < -0.39 is 0 Å². The first-order chi connectivity index (χ1) is 9.36. The molecule has 4 nitrogen and oxygen atoms in total. The van der Waals surface area contributed by atoms with Crippen molar-refractivity contribution in [2.75, 3.05) is 4.90 Å². The molecule has 0 saturated carbocycles. The Labute approximate surface area is 114 Å². The van der Waals surface area contributed by atoms with Crippen LogP contribution in [0, 0.1) is 0 Å². The highest BCUT2D eigenvalue weighted by atomic mass is 32.1. The molecular weight excluding hydrogens is 258 g/mol. The molecule has 0 saturated heterocycles. The lowest BCUT2D eigenvalue weighted by Crippen LogP contribution is -2.09. The van der Waals surface area contributed by atoms with Gasteiger partial charge < -0.3 is 5.11 Å². The Morgan fingerprint density at radius 1 is 1.05 bits per heavy atom. The minimum absolute atomic E-state index is 0.210. The van der Waals surface area contributed by atoms with Crippen molar-refractivity contribution < 1.29 is 5.11 Å². The SMILES string of the molecule is Oc1ccccc1N(c1cccnc1)c1nccs1. The molecule has 1 N–H and O–H groups in total. The lowest BCUT2D eigenvalue weighted by molar-refractivity contribution is 0.476. The number of thiazole rings is 1. The van der Waals surface area contributed by atoms with Gasteiger partial charge in [0.15, 0.2) is 5.13 Å². The quantitative estimate of drug-likeness (QED) is 0.787. The molecule has 2 aromatic heterocycles. The summed E-state index contributed by atoms with van der Waals surface area (Å²) in [5.41, 5.74) is 1.55. The van der Waals surface area contributed by atoms with E-state index in [4.69, 9.17) is 0 Å². The van der Waals surface area contributed by atoms with Crippen molar-refractivity contribution >= 4 is 27.8 Å². The van der Waals surface area contributed by atoms with Crippen molar-refractivity contribution in [3.8, 4) is 5.75 Å². The Morgan fingerprint density at radius 3 is 2.63 bits per heavy atom. The Bertz CT molecular complexity index is 655. The number of nitrogens with zero attached hydrogens (tertiary/aromatic N) is 3. The van der Waals surface area contributed by atoms with Crippen LogP contribution in [0.2, 0.25) is 0 Å². The molecular formula is C14H11N3OS. The van der Waals surface area contributed by atoms with Gasteiger partial charge in [-0.25, -0.2) is 4.98 Å². The fraction of sp³-hybridized carbons (Fsp3) is 0. The molecule has 5 heteroatoms. The van der Waals surface area contributed by atoms with Crippen LogP contribution >= 0.6 is 11.3 Å². The molecule has 0 atom stereocenters. The monoisotopic (exact) mass is 269 g/mol. The molecule has 0 bridgehead atoms. The van der Waals surface area contributed by atoms with Crippen LogP contribution in [0.4, 0.5) is 16.5 Å². The van der Waals surface area contributed by atoms with Crippen molar-refractivity contribution in [1.29, 1.82) is 0 Å². The molecule has 19 heavy (non-hydrogen) atoms. The van der Waals surface area contributed by atoms with Gasteiger partial charge in [-0.05, 0) is 24.3 Å². The molecule has 0 amide bonds. The van der Waals surface area contributed by atoms with Gasteiger partial charge in [0, 0.05) is 17.8 Å². The lowest BCUT2D eigenvalue weighted by Gasteiger charge is -2.22. The number of benzene rings is 1. The van der Waals surface area contributed by atoms with Crippen molar-refractivity contribution in [3.05, 3.63) is 60.4 Å². The Hall–Kier alpha value is -2.40.